The van der Waals surface area contributed by atoms with Gasteiger partial charge in [0.15, 0.2) is 0 Å². The van der Waals surface area contributed by atoms with Crippen LogP contribution in [0, 0.1) is 0 Å². The van der Waals surface area contributed by atoms with Crippen molar-refractivity contribution in [3.8, 4) is 0 Å². The predicted molar refractivity (Wildman–Crippen MR) is 96.4 cm³/mol. The number of aliphatic hydroxyl groups is 1. The summed E-state index contributed by atoms with van der Waals surface area (Å²) in [6.45, 7) is 23.5. The lowest BCUT2D eigenvalue weighted by molar-refractivity contribution is 0.301. The van der Waals surface area contributed by atoms with Crippen LogP contribution in [-0.2, 0) is 4.74 Å². The molecule has 0 aromatic carbocycles. The predicted octanol–water partition coefficient (Wildman–Crippen LogP) is 4.59. The zero-order valence-corrected chi connectivity index (χ0v) is 17.1. The molecule has 1 heterocycles. The molecular formula is C14H31BrO2Si2. The SMILES string of the molecule is C1CO1.C=C(Br)[Si](C)(C)C.C=C(CCO)[Si](C)(C)C. The first-order valence-electron chi connectivity index (χ1n) is 6.64. The van der Waals surface area contributed by atoms with Gasteiger partial charge in [0, 0.05) is 6.61 Å². The molecule has 5 heteroatoms. The summed E-state index contributed by atoms with van der Waals surface area (Å²) >= 11 is 3.36. The van der Waals surface area contributed by atoms with Crippen molar-refractivity contribution in [2.75, 3.05) is 19.8 Å². The summed E-state index contributed by atoms with van der Waals surface area (Å²) in [6.07, 6.45) is 0.787. The number of ether oxygens (including phenoxy) is 1. The topological polar surface area (TPSA) is 32.8 Å². The summed E-state index contributed by atoms with van der Waals surface area (Å²) < 4.78 is 5.69. The molecule has 114 valence electrons. The number of halogens is 1. The lowest BCUT2D eigenvalue weighted by atomic mass is 10.4. The molecule has 1 aliphatic rings. The van der Waals surface area contributed by atoms with E-state index < -0.39 is 16.1 Å². The van der Waals surface area contributed by atoms with Gasteiger partial charge in [0.05, 0.1) is 29.4 Å². The Morgan fingerprint density at radius 2 is 1.37 bits per heavy atom. The summed E-state index contributed by atoms with van der Waals surface area (Å²) in [7, 11) is -2.15. The fourth-order valence-corrected chi connectivity index (χ4v) is 1.37. The molecule has 0 aromatic heterocycles. The number of hydrogen-bond acceptors (Lipinski definition) is 2. The third-order valence-corrected chi connectivity index (χ3v) is 10.1. The van der Waals surface area contributed by atoms with Crippen molar-refractivity contribution in [3.05, 3.63) is 22.5 Å². The second kappa shape index (κ2) is 10.1. The van der Waals surface area contributed by atoms with Gasteiger partial charge in [-0.15, -0.1) is 6.58 Å². The van der Waals surface area contributed by atoms with Gasteiger partial charge < -0.3 is 9.84 Å². The minimum absolute atomic E-state index is 0.253. The van der Waals surface area contributed by atoms with Crippen LogP contribution in [0.4, 0.5) is 0 Å². The Hall–Kier alpha value is 0.314. The van der Waals surface area contributed by atoms with E-state index in [1.54, 1.807) is 0 Å². The normalized spacial score (nSPS) is 13.5. The molecule has 0 aromatic rings. The van der Waals surface area contributed by atoms with Gasteiger partial charge in [-0.25, -0.2) is 0 Å². The van der Waals surface area contributed by atoms with E-state index in [0.29, 0.717) is 0 Å². The van der Waals surface area contributed by atoms with Crippen LogP contribution in [0.3, 0.4) is 0 Å². The molecule has 0 radical (unpaired) electrons. The Balaban J connectivity index is 0. The van der Waals surface area contributed by atoms with Crippen LogP contribution in [0.5, 0.6) is 0 Å². The Morgan fingerprint density at radius 3 is 1.42 bits per heavy atom. The van der Waals surface area contributed by atoms with Crippen molar-refractivity contribution in [1.29, 1.82) is 0 Å². The first-order chi connectivity index (χ1) is 8.42. The molecule has 2 nitrogen and oxygen atoms in total. The molecule has 0 bridgehead atoms. The molecule has 1 N–H and O–H groups in total. The van der Waals surface area contributed by atoms with Gasteiger partial charge in [-0.05, 0) is 10.5 Å². The van der Waals surface area contributed by atoms with Gasteiger partial charge in [-0.2, -0.15) is 0 Å². The van der Waals surface area contributed by atoms with E-state index in [2.05, 4.69) is 73.1 Å². The molecule has 1 rings (SSSR count). The highest BCUT2D eigenvalue weighted by Gasteiger charge is 2.16. The standard InChI is InChI=1S/C7H16OSi.C5H11BrSi.C2H4O/c1-7(5-6-8)9(2,3)4;1-5(6)7(2,3)4;1-2-3-1/h8H,1,5-6H2,2-4H3;1H2,2-4H3;1-2H2. The van der Waals surface area contributed by atoms with Gasteiger partial charge in [0.1, 0.15) is 0 Å². The van der Waals surface area contributed by atoms with Crippen molar-refractivity contribution >= 4 is 32.1 Å². The van der Waals surface area contributed by atoms with Gasteiger partial charge >= 0.3 is 0 Å². The molecule has 0 atom stereocenters. The van der Waals surface area contributed by atoms with Crippen LogP contribution in [0.25, 0.3) is 0 Å². The summed E-state index contributed by atoms with van der Waals surface area (Å²) in [6, 6.07) is 0. The molecule has 0 amide bonds. The van der Waals surface area contributed by atoms with E-state index >= 15 is 0 Å². The average Bonchev–Trinajstić information content (AvgIpc) is 3.02. The zero-order valence-electron chi connectivity index (χ0n) is 13.5. The van der Waals surface area contributed by atoms with Gasteiger partial charge in [0.2, 0.25) is 0 Å². The molecule has 0 saturated carbocycles. The number of rotatable bonds is 4. The van der Waals surface area contributed by atoms with E-state index in [0.717, 1.165) is 19.6 Å². The molecule has 0 unspecified atom stereocenters. The Kier molecular flexibility index (Phi) is 11.5. The number of epoxide rings is 1. The summed E-state index contributed by atoms with van der Waals surface area (Å²) in [5, 5.41) is 9.82. The fourth-order valence-electron chi connectivity index (χ4n) is 0.510. The van der Waals surface area contributed by atoms with Crippen LogP contribution in [-0.4, -0.2) is 41.1 Å². The minimum atomic E-state index is -1.14. The average molecular weight is 367 g/mol. The Bertz CT molecular complexity index is 273. The zero-order chi connectivity index (χ0) is 15.7. The first kappa shape index (κ1) is 21.6. The summed E-state index contributed by atoms with van der Waals surface area (Å²) in [5.41, 5.74) is 0. The maximum atomic E-state index is 8.56. The van der Waals surface area contributed by atoms with Crippen LogP contribution < -0.4 is 0 Å². The molecule has 1 aliphatic heterocycles. The second-order valence-corrected chi connectivity index (χ2v) is 18.6. The van der Waals surface area contributed by atoms with E-state index in [9.17, 15) is 0 Å². The van der Waals surface area contributed by atoms with E-state index in [1.165, 1.54) is 9.30 Å². The molecule has 1 saturated heterocycles. The summed E-state index contributed by atoms with van der Waals surface area (Å²) in [4.78, 5) is 0. The largest absolute Gasteiger partial charge is 0.396 e. The molecule has 0 spiro atoms. The quantitative estimate of drug-likeness (QED) is 0.582. The lowest BCUT2D eigenvalue weighted by Crippen LogP contribution is -2.23. The van der Waals surface area contributed by atoms with E-state index in [1.807, 2.05) is 0 Å². The highest BCUT2D eigenvalue weighted by molar-refractivity contribution is 9.12. The van der Waals surface area contributed by atoms with Crippen molar-refractivity contribution in [1.82, 2.24) is 0 Å². The third-order valence-electron chi connectivity index (χ3n) is 2.49. The van der Waals surface area contributed by atoms with Crippen LogP contribution in [0.1, 0.15) is 6.42 Å². The fraction of sp³-hybridized carbons (Fsp3) is 0.714. The lowest BCUT2D eigenvalue weighted by Gasteiger charge is -2.18. The maximum absolute atomic E-state index is 8.56. The third kappa shape index (κ3) is 18.3. The number of hydrogen-bond donors (Lipinski definition) is 1. The summed E-state index contributed by atoms with van der Waals surface area (Å²) in [5.74, 6) is 0. The van der Waals surface area contributed by atoms with Crippen molar-refractivity contribution < 1.29 is 9.84 Å². The van der Waals surface area contributed by atoms with Crippen LogP contribution in [0.15, 0.2) is 22.5 Å². The van der Waals surface area contributed by atoms with Crippen molar-refractivity contribution in [3.63, 3.8) is 0 Å². The van der Waals surface area contributed by atoms with Crippen LogP contribution in [0.2, 0.25) is 39.3 Å². The minimum Gasteiger partial charge on any atom is -0.396 e. The van der Waals surface area contributed by atoms with Gasteiger partial charge in [0.25, 0.3) is 0 Å². The van der Waals surface area contributed by atoms with E-state index in [4.69, 9.17) is 5.11 Å². The smallest absolute Gasteiger partial charge is 0.0857 e. The molecule has 1 fully saturated rings. The Labute approximate surface area is 130 Å². The van der Waals surface area contributed by atoms with Crippen LogP contribution >= 0.6 is 15.9 Å². The van der Waals surface area contributed by atoms with Crippen molar-refractivity contribution in [2.24, 2.45) is 0 Å². The molecule has 0 aliphatic carbocycles. The molecule has 19 heavy (non-hydrogen) atoms. The van der Waals surface area contributed by atoms with Gasteiger partial charge in [-0.1, -0.05) is 67.0 Å². The van der Waals surface area contributed by atoms with Crippen molar-refractivity contribution in [2.45, 2.75) is 45.7 Å². The highest BCUT2D eigenvalue weighted by atomic mass is 79.9. The van der Waals surface area contributed by atoms with E-state index in [-0.39, 0.29) is 6.61 Å². The maximum Gasteiger partial charge on any atom is 0.0857 e. The Morgan fingerprint density at radius 1 is 1.05 bits per heavy atom. The second-order valence-electron chi connectivity index (χ2n) is 6.59. The first-order valence-corrected chi connectivity index (χ1v) is 14.4. The molecular weight excluding hydrogens is 336 g/mol. The number of aliphatic hydroxyl groups excluding tert-OH is 1. The monoisotopic (exact) mass is 366 g/mol. The highest BCUT2D eigenvalue weighted by Crippen LogP contribution is 2.17. The van der Waals surface area contributed by atoms with Gasteiger partial charge in [-0.3, -0.25) is 0 Å².